The molecule has 0 aromatic carbocycles. The SMILES string of the molecule is C=[N+](C)CCCNCNCC. The first-order chi connectivity index (χ1) is 5.27. The molecule has 0 amide bonds. The summed E-state index contributed by atoms with van der Waals surface area (Å²) in [6.45, 7) is 9.93. The van der Waals surface area contributed by atoms with Gasteiger partial charge in [0, 0.05) is 19.6 Å². The summed E-state index contributed by atoms with van der Waals surface area (Å²) in [6, 6.07) is 0. The maximum Gasteiger partial charge on any atom is 0.143 e. The van der Waals surface area contributed by atoms with Crippen molar-refractivity contribution in [3.8, 4) is 0 Å². The summed E-state index contributed by atoms with van der Waals surface area (Å²) >= 11 is 0. The van der Waals surface area contributed by atoms with E-state index in [1.165, 1.54) is 0 Å². The van der Waals surface area contributed by atoms with Crippen LogP contribution in [0.4, 0.5) is 0 Å². The molecule has 0 saturated carbocycles. The van der Waals surface area contributed by atoms with Crippen molar-refractivity contribution in [3.05, 3.63) is 0 Å². The van der Waals surface area contributed by atoms with Gasteiger partial charge < -0.3 is 10.6 Å². The van der Waals surface area contributed by atoms with Gasteiger partial charge in [0.2, 0.25) is 0 Å². The molecule has 0 spiro atoms. The molecule has 0 aliphatic carbocycles. The maximum absolute atomic E-state index is 3.76. The molecule has 0 rings (SSSR count). The van der Waals surface area contributed by atoms with Crippen LogP contribution in [0.15, 0.2) is 0 Å². The summed E-state index contributed by atoms with van der Waals surface area (Å²) in [6.07, 6.45) is 1.16. The predicted molar refractivity (Wildman–Crippen MR) is 49.3 cm³/mol. The Kier molecular flexibility index (Phi) is 7.41. The smallest absolute Gasteiger partial charge is 0.143 e. The Balaban J connectivity index is 2.85. The largest absolute Gasteiger partial charge is 0.305 e. The highest BCUT2D eigenvalue weighted by atomic mass is 15.0. The highest BCUT2D eigenvalue weighted by Gasteiger charge is 1.90. The van der Waals surface area contributed by atoms with E-state index in [1.807, 2.05) is 11.6 Å². The zero-order valence-corrected chi connectivity index (χ0v) is 7.69. The molecule has 0 unspecified atom stereocenters. The van der Waals surface area contributed by atoms with Crippen molar-refractivity contribution in [3.63, 3.8) is 0 Å². The molecule has 3 heteroatoms. The lowest BCUT2D eigenvalue weighted by molar-refractivity contribution is -0.488. The van der Waals surface area contributed by atoms with Gasteiger partial charge in [0.1, 0.15) is 20.3 Å². The molecule has 0 bridgehead atoms. The first-order valence-corrected chi connectivity index (χ1v) is 4.20. The highest BCUT2D eigenvalue weighted by molar-refractivity contribution is 5.13. The van der Waals surface area contributed by atoms with Crippen LogP contribution in [0.2, 0.25) is 0 Å². The van der Waals surface area contributed by atoms with Crippen LogP contribution >= 0.6 is 0 Å². The Labute approximate surface area is 69.5 Å². The second-order valence-electron chi connectivity index (χ2n) is 2.71. The Bertz CT molecular complexity index is 102. The summed E-state index contributed by atoms with van der Waals surface area (Å²) in [7, 11) is 1.99. The second kappa shape index (κ2) is 7.69. The first-order valence-electron chi connectivity index (χ1n) is 4.20. The molecule has 66 valence electrons. The van der Waals surface area contributed by atoms with Gasteiger partial charge in [0.15, 0.2) is 0 Å². The molecular formula is C8H20N3+. The van der Waals surface area contributed by atoms with Crippen molar-refractivity contribution in [1.29, 1.82) is 0 Å². The van der Waals surface area contributed by atoms with E-state index in [0.29, 0.717) is 0 Å². The first kappa shape index (κ1) is 10.6. The average molecular weight is 158 g/mol. The topological polar surface area (TPSA) is 27.1 Å². The predicted octanol–water partition coefficient (Wildman–Crippen LogP) is -0.124. The van der Waals surface area contributed by atoms with Crippen LogP contribution in [0, 0.1) is 0 Å². The van der Waals surface area contributed by atoms with E-state index < -0.39 is 0 Å². The Morgan fingerprint density at radius 2 is 2.09 bits per heavy atom. The van der Waals surface area contributed by atoms with E-state index in [9.17, 15) is 0 Å². The monoisotopic (exact) mass is 158 g/mol. The molecule has 0 atom stereocenters. The summed E-state index contributed by atoms with van der Waals surface area (Å²) in [5.74, 6) is 0. The molecule has 0 fully saturated rings. The van der Waals surface area contributed by atoms with Crippen LogP contribution in [-0.2, 0) is 0 Å². The molecular weight excluding hydrogens is 138 g/mol. The fourth-order valence-electron chi connectivity index (χ4n) is 0.776. The fraction of sp³-hybridized carbons (Fsp3) is 0.875. The van der Waals surface area contributed by atoms with Crippen LogP contribution in [0.5, 0.6) is 0 Å². The van der Waals surface area contributed by atoms with Crippen molar-refractivity contribution in [2.75, 3.05) is 33.4 Å². The molecule has 3 nitrogen and oxygen atoms in total. The average Bonchev–Trinajstić information content (AvgIpc) is 1.96. The minimum absolute atomic E-state index is 0.914. The van der Waals surface area contributed by atoms with E-state index in [2.05, 4.69) is 24.3 Å². The van der Waals surface area contributed by atoms with Crippen molar-refractivity contribution in [1.82, 2.24) is 10.6 Å². The van der Waals surface area contributed by atoms with Crippen LogP contribution in [0.3, 0.4) is 0 Å². The Hall–Kier alpha value is -0.410. The lowest BCUT2D eigenvalue weighted by Crippen LogP contribution is -2.30. The molecule has 2 N–H and O–H groups in total. The summed E-state index contributed by atoms with van der Waals surface area (Å²) in [4.78, 5) is 0. The molecule has 11 heavy (non-hydrogen) atoms. The molecule has 0 radical (unpaired) electrons. The number of nitrogens with one attached hydrogen (secondary N) is 2. The van der Waals surface area contributed by atoms with E-state index in [-0.39, 0.29) is 0 Å². The number of hydrogen-bond donors (Lipinski definition) is 2. The van der Waals surface area contributed by atoms with Crippen LogP contribution in [0.1, 0.15) is 13.3 Å². The molecule has 0 aromatic heterocycles. The Morgan fingerprint density at radius 1 is 1.36 bits per heavy atom. The summed E-state index contributed by atoms with van der Waals surface area (Å²) in [5, 5.41) is 6.47. The van der Waals surface area contributed by atoms with Crippen molar-refractivity contribution in [2.45, 2.75) is 13.3 Å². The van der Waals surface area contributed by atoms with E-state index in [4.69, 9.17) is 0 Å². The van der Waals surface area contributed by atoms with Gasteiger partial charge in [-0.25, -0.2) is 4.58 Å². The third-order valence-electron chi connectivity index (χ3n) is 1.39. The zero-order chi connectivity index (χ0) is 8.53. The molecule has 0 aromatic rings. The van der Waals surface area contributed by atoms with Gasteiger partial charge in [0.25, 0.3) is 0 Å². The third-order valence-corrected chi connectivity index (χ3v) is 1.39. The van der Waals surface area contributed by atoms with Crippen LogP contribution < -0.4 is 10.6 Å². The van der Waals surface area contributed by atoms with Gasteiger partial charge in [-0.2, -0.15) is 0 Å². The van der Waals surface area contributed by atoms with E-state index in [0.717, 1.165) is 32.7 Å². The third kappa shape index (κ3) is 9.59. The number of rotatable bonds is 7. The highest BCUT2D eigenvalue weighted by Crippen LogP contribution is 1.74. The van der Waals surface area contributed by atoms with Gasteiger partial charge in [-0.1, -0.05) is 6.92 Å². The quantitative estimate of drug-likeness (QED) is 0.234. The van der Waals surface area contributed by atoms with E-state index in [1.54, 1.807) is 0 Å². The van der Waals surface area contributed by atoms with Crippen molar-refractivity contribution < 1.29 is 4.58 Å². The number of nitrogens with zero attached hydrogens (tertiary/aromatic N) is 1. The molecule has 0 aliphatic rings. The lowest BCUT2D eigenvalue weighted by Gasteiger charge is -2.02. The normalized spacial score (nSPS) is 10.0. The minimum atomic E-state index is 0.914. The minimum Gasteiger partial charge on any atom is -0.305 e. The van der Waals surface area contributed by atoms with Crippen LogP contribution in [0.25, 0.3) is 0 Å². The van der Waals surface area contributed by atoms with Gasteiger partial charge >= 0.3 is 0 Å². The zero-order valence-electron chi connectivity index (χ0n) is 7.69. The standard InChI is InChI=1S/C8H20N3/c1-4-9-8-10-6-5-7-11(2)3/h9-10H,2,4-8H2,1,3H3/q+1. The molecule has 0 aliphatic heterocycles. The van der Waals surface area contributed by atoms with Gasteiger partial charge in [-0.3, -0.25) is 0 Å². The maximum atomic E-state index is 3.76. The van der Waals surface area contributed by atoms with Gasteiger partial charge in [-0.05, 0) is 6.54 Å². The van der Waals surface area contributed by atoms with Crippen molar-refractivity contribution >= 4 is 6.72 Å². The lowest BCUT2D eigenvalue weighted by atomic mass is 10.4. The summed E-state index contributed by atoms with van der Waals surface area (Å²) in [5.41, 5.74) is 0. The molecule has 0 heterocycles. The fourth-order valence-corrected chi connectivity index (χ4v) is 0.776. The van der Waals surface area contributed by atoms with Crippen molar-refractivity contribution in [2.24, 2.45) is 0 Å². The van der Waals surface area contributed by atoms with Crippen LogP contribution in [-0.4, -0.2) is 44.6 Å². The molecule has 0 saturated heterocycles. The van der Waals surface area contributed by atoms with Gasteiger partial charge in [0.05, 0.1) is 0 Å². The summed E-state index contributed by atoms with van der Waals surface area (Å²) < 4.78 is 1.95. The number of hydrogen-bond acceptors (Lipinski definition) is 2. The van der Waals surface area contributed by atoms with E-state index >= 15 is 0 Å². The second-order valence-corrected chi connectivity index (χ2v) is 2.71. The van der Waals surface area contributed by atoms with Gasteiger partial charge in [-0.15, -0.1) is 0 Å². The Morgan fingerprint density at radius 3 is 2.64 bits per heavy atom.